The molecule has 3 heteroatoms. The normalized spacial score (nSPS) is 11.5. The second kappa shape index (κ2) is 14.0. The Morgan fingerprint density at radius 1 is 0.419 bits per heavy atom. The quantitative estimate of drug-likeness (QED) is 0.106. The number of hydrogen-bond acceptors (Lipinski definition) is 2. The molecular formula is C40H38NOP. The molecule has 6 aromatic carbocycles. The Morgan fingerprint density at radius 3 is 1.30 bits per heavy atom. The molecule has 0 fully saturated rings. The Kier molecular flexibility index (Phi) is 9.28. The average molecular weight is 580 g/mol. The first-order valence-electron chi connectivity index (χ1n) is 15.1. The summed E-state index contributed by atoms with van der Waals surface area (Å²) in [6, 6.07) is 62.9. The number of nitrogens with zero attached hydrogens (tertiary/aromatic N) is 1. The van der Waals surface area contributed by atoms with Crippen LogP contribution in [0.2, 0.25) is 0 Å². The second-order valence-corrected chi connectivity index (χ2v) is 14.9. The van der Waals surface area contributed by atoms with Crippen molar-refractivity contribution >= 4 is 40.2 Å². The molecular weight excluding hydrogens is 541 g/mol. The van der Waals surface area contributed by atoms with Crippen LogP contribution in [0.3, 0.4) is 0 Å². The Bertz CT molecular complexity index is 1540. The summed E-state index contributed by atoms with van der Waals surface area (Å²) >= 11 is 0. The molecule has 0 aliphatic carbocycles. The molecule has 0 N–H and O–H groups in total. The molecule has 0 unspecified atom stereocenters. The molecule has 0 aliphatic rings. The van der Waals surface area contributed by atoms with Gasteiger partial charge in [0.25, 0.3) is 0 Å². The third-order valence-corrected chi connectivity index (χ3v) is 13.2. The van der Waals surface area contributed by atoms with Crippen molar-refractivity contribution in [3.8, 4) is 5.75 Å². The van der Waals surface area contributed by atoms with Crippen molar-refractivity contribution < 1.29 is 4.74 Å². The van der Waals surface area contributed by atoms with Gasteiger partial charge in [-0.3, -0.25) is 0 Å². The van der Waals surface area contributed by atoms with Crippen LogP contribution in [0.15, 0.2) is 176 Å². The van der Waals surface area contributed by atoms with Gasteiger partial charge in [-0.25, -0.2) is 0 Å². The van der Waals surface area contributed by atoms with Gasteiger partial charge in [0.2, 0.25) is 0 Å². The van der Waals surface area contributed by atoms with Gasteiger partial charge in [-0.15, -0.1) is 0 Å². The number of anilines is 3. The van der Waals surface area contributed by atoms with E-state index in [9.17, 15) is 0 Å². The molecule has 0 aliphatic heterocycles. The van der Waals surface area contributed by atoms with Crippen LogP contribution < -0.4 is 25.6 Å². The van der Waals surface area contributed by atoms with Crippen LogP contribution in [-0.2, 0) is 0 Å². The summed E-state index contributed by atoms with van der Waals surface area (Å²) in [5, 5.41) is 4.38. The second-order valence-electron chi connectivity index (χ2n) is 10.8. The van der Waals surface area contributed by atoms with E-state index < -0.39 is 7.26 Å². The predicted molar refractivity (Wildman–Crippen MR) is 187 cm³/mol. The van der Waals surface area contributed by atoms with Crippen molar-refractivity contribution in [2.75, 3.05) is 17.7 Å². The van der Waals surface area contributed by atoms with Crippen LogP contribution in [0.1, 0.15) is 12.8 Å². The molecule has 0 atom stereocenters. The van der Waals surface area contributed by atoms with Gasteiger partial charge in [-0.2, -0.15) is 0 Å². The van der Waals surface area contributed by atoms with Gasteiger partial charge in [-0.05, 0) is 0 Å². The van der Waals surface area contributed by atoms with E-state index in [2.05, 4.69) is 181 Å². The van der Waals surface area contributed by atoms with Crippen molar-refractivity contribution in [2.45, 2.75) is 12.8 Å². The van der Waals surface area contributed by atoms with Crippen molar-refractivity contribution in [3.05, 3.63) is 176 Å². The zero-order valence-corrected chi connectivity index (χ0v) is 25.4. The van der Waals surface area contributed by atoms with Gasteiger partial charge in [0.1, 0.15) is 0 Å². The van der Waals surface area contributed by atoms with Gasteiger partial charge in [0.05, 0.1) is 0 Å². The Balaban J connectivity index is 1.20. The number of unbranched alkanes of at least 4 members (excludes halogenated alkanes) is 1. The van der Waals surface area contributed by atoms with E-state index in [0.29, 0.717) is 6.61 Å². The number of hydrogen-bond donors (Lipinski definition) is 0. The van der Waals surface area contributed by atoms with Gasteiger partial charge in [-0.1, -0.05) is 12.1 Å². The third kappa shape index (κ3) is 6.56. The van der Waals surface area contributed by atoms with Crippen LogP contribution in [0.5, 0.6) is 5.75 Å². The van der Waals surface area contributed by atoms with Crippen LogP contribution in [0.25, 0.3) is 0 Å². The number of ether oxygens (including phenoxy) is 1. The van der Waals surface area contributed by atoms with Gasteiger partial charge in [0, 0.05) is 0 Å². The van der Waals surface area contributed by atoms with E-state index in [4.69, 9.17) is 4.74 Å². The average Bonchev–Trinajstić information content (AvgIpc) is 3.09. The predicted octanol–water partition coefficient (Wildman–Crippen LogP) is 9.04. The molecule has 43 heavy (non-hydrogen) atoms. The van der Waals surface area contributed by atoms with Crippen molar-refractivity contribution in [1.82, 2.24) is 0 Å². The Morgan fingerprint density at radius 2 is 0.837 bits per heavy atom. The molecule has 0 spiro atoms. The van der Waals surface area contributed by atoms with Gasteiger partial charge < -0.3 is 0 Å². The Labute approximate surface area is 256 Å². The minimum absolute atomic E-state index is 0.684. The summed E-state index contributed by atoms with van der Waals surface area (Å²) in [7, 11) is -2.21. The van der Waals surface area contributed by atoms with E-state index in [-0.39, 0.29) is 0 Å². The van der Waals surface area contributed by atoms with Gasteiger partial charge in [0.15, 0.2) is 0 Å². The summed E-state index contributed by atoms with van der Waals surface area (Å²) < 4.78 is 6.39. The first-order chi connectivity index (χ1) is 21.3. The molecule has 0 bridgehead atoms. The monoisotopic (exact) mass is 579 g/mol. The summed E-state index contributed by atoms with van der Waals surface area (Å²) in [6.07, 6.45) is 3.21. The molecule has 2 nitrogen and oxygen atoms in total. The molecule has 0 aromatic heterocycles. The fourth-order valence-corrected chi connectivity index (χ4v) is 11.0. The summed E-state index contributed by atoms with van der Waals surface area (Å²) in [5.41, 5.74) is 3.32. The minimum atomic E-state index is -2.21. The van der Waals surface area contributed by atoms with Crippen molar-refractivity contribution in [2.24, 2.45) is 0 Å². The number of rotatable bonds is 12. The van der Waals surface area contributed by atoms with E-state index in [0.717, 1.165) is 41.8 Å². The summed E-state index contributed by atoms with van der Waals surface area (Å²) in [5.74, 6) is 0.895. The molecule has 0 amide bonds. The summed E-state index contributed by atoms with van der Waals surface area (Å²) in [4.78, 5) is 2.27. The van der Waals surface area contributed by atoms with Crippen LogP contribution in [0.4, 0.5) is 17.1 Å². The standard InChI is InChI=1S/C40H38NOP/c1-6-19-34(20-7-1)41(35-21-8-2-9-22-35)36-23-18-24-37(33-36)42-31-16-17-32-43(38-25-10-3-11-26-38,39-27-12-4-13-28-39)40-29-14-5-15-30-40/h1-15,18-30,33,43H,16-17,31-32H2. The van der Waals surface area contributed by atoms with E-state index in [1.54, 1.807) is 0 Å². The van der Waals surface area contributed by atoms with Gasteiger partial charge >= 0.3 is 245 Å². The van der Waals surface area contributed by atoms with Crippen LogP contribution in [0, 0.1) is 0 Å². The first kappa shape index (κ1) is 28.5. The molecule has 0 radical (unpaired) electrons. The Hall–Kier alpha value is -4.65. The maximum atomic E-state index is 6.39. The molecule has 6 rings (SSSR count). The molecule has 214 valence electrons. The maximum absolute atomic E-state index is 6.39. The molecule has 0 saturated carbocycles. The zero-order valence-electron chi connectivity index (χ0n) is 24.4. The number of para-hydroxylation sites is 2. The van der Waals surface area contributed by atoms with Crippen LogP contribution >= 0.6 is 7.26 Å². The topological polar surface area (TPSA) is 12.5 Å². The first-order valence-corrected chi connectivity index (χ1v) is 17.3. The van der Waals surface area contributed by atoms with Crippen molar-refractivity contribution in [1.29, 1.82) is 0 Å². The SMILES string of the molecule is c1ccc(N(c2ccccc2)c2cccc(OCCCC[PH](c3ccccc3)(c3ccccc3)c3ccccc3)c2)cc1. The van der Waals surface area contributed by atoms with E-state index >= 15 is 0 Å². The molecule has 0 heterocycles. The van der Waals surface area contributed by atoms with E-state index in [1.165, 1.54) is 15.9 Å². The number of benzene rings is 6. The van der Waals surface area contributed by atoms with Crippen LogP contribution in [-0.4, -0.2) is 12.8 Å². The van der Waals surface area contributed by atoms with Crippen molar-refractivity contribution in [3.63, 3.8) is 0 Å². The molecule has 0 saturated heterocycles. The fraction of sp³-hybridized carbons (Fsp3) is 0.100. The zero-order chi connectivity index (χ0) is 29.2. The summed E-state index contributed by atoms with van der Waals surface area (Å²) in [6.45, 7) is 0.684. The fourth-order valence-electron chi connectivity index (χ4n) is 6.10. The van der Waals surface area contributed by atoms with E-state index in [1.807, 2.05) is 0 Å². The molecule has 6 aromatic rings. The third-order valence-electron chi connectivity index (χ3n) is 8.12.